The van der Waals surface area contributed by atoms with E-state index in [1.807, 2.05) is 25.1 Å². The minimum Gasteiger partial charge on any atom is -0.497 e. The van der Waals surface area contributed by atoms with Crippen LogP contribution in [0.2, 0.25) is 0 Å². The maximum atomic E-state index is 9.82. The number of hydrogen-bond donors (Lipinski definition) is 2. The number of likely N-dealkylation sites (N-methyl/N-ethyl adjacent to an activating group) is 1. The van der Waals surface area contributed by atoms with Crippen LogP contribution in [0.4, 0.5) is 0 Å². The van der Waals surface area contributed by atoms with E-state index >= 15 is 0 Å². The molecule has 0 fully saturated rings. The van der Waals surface area contributed by atoms with Gasteiger partial charge in [0.2, 0.25) is 0 Å². The fourth-order valence-corrected chi connectivity index (χ4v) is 1.90. The molecule has 1 rings (SSSR count). The molecule has 0 bridgehead atoms. The number of benzene rings is 1. The Hall–Kier alpha value is -1.26. The predicted molar refractivity (Wildman–Crippen MR) is 81.7 cm³/mol. The number of aliphatic hydroxyl groups excluding tert-OH is 1. The van der Waals surface area contributed by atoms with Gasteiger partial charge in [-0.2, -0.15) is 0 Å². The normalized spacial score (nSPS) is 13.1. The lowest BCUT2D eigenvalue weighted by Crippen LogP contribution is -2.31. The number of ether oxygens (including phenoxy) is 2. The Morgan fingerprint density at radius 1 is 1.30 bits per heavy atom. The van der Waals surface area contributed by atoms with Gasteiger partial charge in [-0.3, -0.25) is 0 Å². The molecule has 114 valence electrons. The zero-order valence-electron chi connectivity index (χ0n) is 13.2. The van der Waals surface area contributed by atoms with E-state index in [0.29, 0.717) is 6.54 Å². The maximum absolute atomic E-state index is 9.82. The van der Waals surface area contributed by atoms with Gasteiger partial charge in [-0.05, 0) is 30.2 Å². The van der Waals surface area contributed by atoms with Gasteiger partial charge in [0.25, 0.3) is 0 Å². The molecule has 20 heavy (non-hydrogen) atoms. The summed E-state index contributed by atoms with van der Waals surface area (Å²) < 4.78 is 11.0. The molecule has 4 heteroatoms. The van der Waals surface area contributed by atoms with Crippen molar-refractivity contribution < 1.29 is 14.6 Å². The van der Waals surface area contributed by atoms with Gasteiger partial charge in [0.05, 0.1) is 7.11 Å². The largest absolute Gasteiger partial charge is 0.497 e. The Bertz CT molecular complexity index is 413. The fraction of sp³-hybridized carbons (Fsp3) is 0.625. The summed E-state index contributed by atoms with van der Waals surface area (Å²) in [4.78, 5) is 0. The molecule has 0 heterocycles. The lowest BCUT2D eigenvalue weighted by Gasteiger charge is -2.24. The minimum atomic E-state index is -0.509. The lowest BCUT2D eigenvalue weighted by atomic mass is 9.86. The summed E-state index contributed by atoms with van der Waals surface area (Å²) in [6.45, 7) is 10.1. The summed E-state index contributed by atoms with van der Waals surface area (Å²) in [6, 6.07) is 5.77. The van der Waals surface area contributed by atoms with Gasteiger partial charge in [-0.1, -0.05) is 27.7 Å². The lowest BCUT2D eigenvalue weighted by molar-refractivity contribution is 0.106. The van der Waals surface area contributed by atoms with Gasteiger partial charge in [-0.25, -0.2) is 0 Å². The number of hydrogen-bond acceptors (Lipinski definition) is 4. The van der Waals surface area contributed by atoms with Crippen molar-refractivity contribution in [1.29, 1.82) is 0 Å². The molecule has 0 saturated heterocycles. The van der Waals surface area contributed by atoms with Gasteiger partial charge in [0.1, 0.15) is 24.2 Å². The molecule has 0 aliphatic heterocycles. The zero-order chi connectivity index (χ0) is 15.2. The third-order valence-electron chi connectivity index (χ3n) is 3.06. The molecular formula is C16H27NO3. The van der Waals surface area contributed by atoms with Crippen molar-refractivity contribution >= 4 is 0 Å². The molecule has 0 spiro atoms. The number of rotatable bonds is 7. The highest BCUT2D eigenvalue weighted by atomic mass is 16.5. The topological polar surface area (TPSA) is 50.7 Å². The molecule has 1 atom stereocenters. The van der Waals surface area contributed by atoms with Crippen LogP contribution in [0.3, 0.4) is 0 Å². The molecule has 0 aliphatic carbocycles. The monoisotopic (exact) mass is 281 g/mol. The molecule has 1 aromatic rings. The molecule has 0 aromatic heterocycles. The van der Waals surface area contributed by atoms with E-state index in [9.17, 15) is 5.11 Å². The second kappa shape index (κ2) is 7.50. The summed E-state index contributed by atoms with van der Waals surface area (Å²) in [5.74, 6) is 1.62. The molecule has 1 unspecified atom stereocenters. The third-order valence-corrected chi connectivity index (χ3v) is 3.06. The average molecular weight is 281 g/mol. The van der Waals surface area contributed by atoms with Crippen LogP contribution in [-0.2, 0) is 5.41 Å². The van der Waals surface area contributed by atoms with Crippen LogP contribution in [0, 0.1) is 0 Å². The summed E-state index contributed by atoms with van der Waals surface area (Å²) in [6.07, 6.45) is -0.509. The second-order valence-corrected chi connectivity index (χ2v) is 5.88. The van der Waals surface area contributed by atoms with E-state index in [4.69, 9.17) is 9.47 Å². The Labute approximate surface area is 122 Å². The van der Waals surface area contributed by atoms with Gasteiger partial charge >= 0.3 is 0 Å². The maximum Gasteiger partial charge on any atom is 0.123 e. The van der Waals surface area contributed by atoms with Crippen molar-refractivity contribution in [3.63, 3.8) is 0 Å². The Kier molecular flexibility index (Phi) is 6.30. The van der Waals surface area contributed by atoms with Crippen molar-refractivity contribution in [1.82, 2.24) is 5.32 Å². The van der Waals surface area contributed by atoms with E-state index in [-0.39, 0.29) is 12.0 Å². The van der Waals surface area contributed by atoms with Crippen molar-refractivity contribution in [3.05, 3.63) is 23.8 Å². The van der Waals surface area contributed by atoms with Crippen LogP contribution in [0.25, 0.3) is 0 Å². The van der Waals surface area contributed by atoms with Gasteiger partial charge in [0.15, 0.2) is 0 Å². The first-order valence-electron chi connectivity index (χ1n) is 7.08. The van der Waals surface area contributed by atoms with Crippen molar-refractivity contribution in [2.45, 2.75) is 39.2 Å². The van der Waals surface area contributed by atoms with Crippen LogP contribution in [0.1, 0.15) is 33.3 Å². The van der Waals surface area contributed by atoms with Crippen LogP contribution in [-0.4, -0.2) is 38.0 Å². The summed E-state index contributed by atoms with van der Waals surface area (Å²) in [5.41, 5.74) is 1.03. The predicted octanol–water partition coefficient (Wildman–Crippen LogP) is 2.34. The Morgan fingerprint density at radius 2 is 2.00 bits per heavy atom. The smallest absolute Gasteiger partial charge is 0.123 e. The van der Waals surface area contributed by atoms with Crippen LogP contribution >= 0.6 is 0 Å². The molecule has 1 aromatic carbocycles. The highest BCUT2D eigenvalue weighted by Crippen LogP contribution is 2.34. The van der Waals surface area contributed by atoms with Crippen LogP contribution < -0.4 is 14.8 Å². The molecular weight excluding hydrogens is 254 g/mol. The van der Waals surface area contributed by atoms with Crippen LogP contribution in [0.5, 0.6) is 11.5 Å². The van der Waals surface area contributed by atoms with Crippen molar-refractivity contribution in [3.8, 4) is 11.5 Å². The van der Waals surface area contributed by atoms with E-state index in [2.05, 4.69) is 26.1 Å². The quantitative estimate of drug-likeness (QED) is 0.805. The van der Waals surface area contributed by atoms with Crippen LogP contribution in [0.15, 0.2) is 18.2 Å². The molecule has 0 saturated carbocycles. The van der Waals surface area contributed by atoms with Gasteiger partial charge in [-0.15, -0.1) is 0 Å². The van der Waals surface area contributed by atoms with Gasteiger partial charge < -0.3 is 19.9 Å². The highest BCUT2D eigenvalue weighted by molar-refractivity contribution is 5.44. The third kappa shape index (κ3) is 5.02. The molecule has 0 aliphatic rings. The number of nitrogens with one attached hydrogen (secondary N) is 1. The first kappa shape index (κ1) is 16.8. The number of methoxy groups -OCH3 is 1. The second-order valence-electron chi connectivity index (χ2n) is 5.88. The zero-order valence-corrected chi connectivity index (χ0v) is 13.2. The first-order valence-corrected chi connectivity index (χ1v) is 7.08. The Balaban J connectivity index is 2.79. The van der Waals surface area contributed by atoms with E-state index in [0.717, 1.165) is 23.6 Å². The fourth-order valence-electron chi connectivity index (χ4n) is 1.90. The molecule has 0 radical (unpaired) electrons. The van der Waals surface area contributed by atoms with E-state index in [1.165, 1.54) is 0 Å². The summed E-state index contributed by atoms with van der Waals surface area (Å²) in [5, 5.41) is 12.9. The SMILES string of the molecule is CCNCC(O)COc1ccc(OC)cc1C(C)(C)C. The minimum absolute atomic E-state index is 0.0451. The highest BCUT2D eigenvalue weighted by Gasteiger charge is 2.20. The molecule has 0 amide bonds. The number of aliphatic hydroxyl groups is 1. The van der Waals surface area contributed by atoms with Crippen molar-refractivity contribution in [2.24, 2.45) is 0 Å². The van der Waals surface area contributed by atoms with Crippen molar-refractivity contribution in [2.75, 3.05) is 26.8 Å². The van der Waals surface area contributed by atoms with E-state index < -0.39 is 6.10 Å². The summed E-state index contributed by atoms with van der Waals surface area (Å²) >= 11 is 0. The van der Waals surface area contributed by atoms with Gasteiger partial charge in [0, 0.05) is 12.1 Å². The first-order chi connectivity index (χ1) is 9.38. The summed E-state index contributed by atoms with van der Waals surface area (Å²) in [7, 11) is 1.66. The Morgan fingerprint density at radius 3 is 2.55 bits per heavy atom. The molecule has 4 nitrogen and oxygen atoms in total. The standard InChI is InChI=1S/C16H27NO3/c1-6-17-10-12(18)11-20-15-8-7-13(19-5)9-14(15)16(2,3)4/h7-9,12,17-18H,6,10-11H2,1-5H3. The average Bonchev–Trinajstić information content (AvgIpc) is 2.41. The van der Waals surface area contributed by atoms with E-state index in [1.54, 1.807) is 7.11 Å². The molecule has 2 N–H and O–H groups in total.